The molecule has 2 N–H and O–H groups in total. The van der Waals surface area contributed by atoms with Gasteiger partial charge < -0.3 is 10.2 Å². The minimum atomic E-state index is 0.345. The normalized spacial score (nSPS) is 29.4. The van der Waals surface area contributed by atoms with Crippen LogP contribution in [0.4, 0.5) is 0 Å². The van der Waals surface area contributed by atoms with Crippen molar-refractivity contribution in [3.63, 3.8) is 0 Å². The molecule has 4 aliphatic rings. The molecule has 1 amide bonds. The van der Waals surface area contributed by atoms with Gasteiger partial charge in [-0.05, 0) is 75.9 Å². The first kappa shape index (κ1) is 16.8. The summed E-state index contributed by atoms with van der Waals surface area (Å²) < 4.78 is 0. The number of piperidine rings is 2. The zero-order valence-electron chi connectivity index (χ0n) is 15.8. The molecule has 5 nitrogen and oxygen atoms in total. The molecule has 142 valence electrons. The van der Waals surface area contributed by atoms with Crippen LogP contribution in [-0.4, -0.2) is 47.2 Å². The molecule has 3 heterocycles. The first-order valence-electron chi connectivity index (χ1n) is 10.8. The van der Waals surface area contributed by atoms with Gasteiger partial charge in [-0.1, -0.05) is 6.42 Å². The van der Waals surface area contributed by atoms with Gasteiger partial charge in [0.15, 0.2) is 0 Å². The topological polar surface area (TPSA) is 61.0 Å². The van der Waals surface area contributed by atoms with Crippen LogP contribution in [0.2, 0.25) is 0 Å². The molecule has 1 unspecified atom stereocenters. The molecule has 1 spiro atoms. The van der Waals surface area contributed by atoms with E-state index >= 15 is 0 Å². The van der Waals surface area contributed by atoms with Crippen LogP contribution in [0.3, 0.4) is 0 Å². The molecule has 5 rings (SSSR count). The van der Waals surface area contributed by atoms with Crippen LogP contribution < -0.4 is 5.32 Å². The van der Waals surface area contributed by atoms with E-state index in [4.69, 9.17) is 0 Å². The molecular formula is C21H32N4O. The third-order valence-corrected chi connectivity index (χ3v) is 7.72. The molecule has 0 aromatic carbocycles. The summed E-state index contributed by atoms with van der Waals surface area (Å²) in [6.45, 7) is 4.07. The number of aromatic amines is 1. The minimum absolute atomic E-state index is 0.345. The molecule has 0 radical (unpaired) electrons. The van der Waals surface area contributed by atoms with E-state index in [1.54, 1.807) is 0 Å². The summed E-state index contributed by atoms with van der Waals surface area (Å²) in [5, 5.41) is 11.4. The van der Waals surface area contributed by atoms with Crippen LogP contribution in [-0.2, 0) is 4.79 Å². The Bertz CT molecular complexity index is 651. The summed E-state index contributed by atoms with van der Waals surface area (Å²) in [7, 11) is 0. The first-order chi connectivity index (χ1) is 12.8. The second-order valence-electron chi connectivity index (χ2n) is 9.18. The third kappa shape index (κ3) is 2.98. The molecule has 26 heavy (non-hydrogen) atoms. The van der Waals surface area contributed by atoms with Gasteiger partial charge in [-0.2, -0.15) is 5.10 Å². The lowest BCUT2D eigenvalue weighted by Gasteiger charge is -2.34. The molecule has 1 aromatic rings. The Morgan fingerprint density at radius 2 is 1.81 bits per heavy atom. The number of aromatic nitrogens is 2. The molecule has 1 aromatic heterocycles. The average Bonchev–Trinajstić information content (AvgIpc) is 3.12. The zero-order chi connectivity index (χ0) is 17.6. The lowest BCUT2D eigenvalue weighted by Crippen LogP contribution is -2.42. The highest BCUT2D eigenvalue weighted by molar-refractivity contribution is 5.80. The summed E-state index contributed by atoms with van der Waals surface area (Å²) >= 11 is 0. The second-order valence-corrected chi connectivity index (χ2v) is 9.18. The van der Waals surface area contributed by atoms with Gasteiger partial charge >= 0.3 is 0 Å². The van der Waals surface area contributed by atoms with E-state index in [0.717, 1.165) is 45.4 Å². The summed E-state index contributed by atoms with van der Waals surface area (Å²) in [4.78, 5) is 15.2. The number of rotatable bonds is 3. The van der Waals surface area contributed by atoms with Crippen molar-refractivity contribution in [1.29, 1.82) is 0 Å². The number of amides is 1. The highest BCUT2D eigenvalue weighted by atomic mass is 16.2. The molecule has 5 heteroatoms. The van der Waals surface area contributed by atoms with Gasteiger partial charge in [-0.3, -0.25) is 9.89 Å². The van der Waals surface area contributed by atoms with Crippen molar-refractivity contribution in [3.8, 4) is 0 Å². The van der Waals surface area contributed by atoms with Crippen LogP contribution in [0.5, 0.6) is 0 Å². The molecule has 2 saturated heterocycles. The Hall–Kier alpha value is -1.36. The molecule has 2 aliphatic carbocycles. The maximum atomic E-state index is 13.0. The molecule has 2 aliphatic heterocycles. The monoisotopic (exact) mass is 356 g/mol. The van der Waals surface area contributed by atoms with E-state index < -0.39 is 0 Å². The third-order valence-electron chi connectivity index (χ3n) is 7.72. The number of hydrogen-bond donors (Lipinski definition) is 2. The summed E-state index contributed by atoms with van der Waals surface area (Å²) in [5.74, 6) is 1.97. The fourth-order valence-corrected chi connectivity index (χ4v) is 5.80. The largest absolute Gasteiger partial charge is 0.342 e. The van der Waals surface area contributed by atoms with Gasteiger partial charge in [0.05, 0.1) is 5.69 Å². The van der Waals surface area contributed by atoms with Gasteiger partial charge in [-0.25, -0.2) is 0 Å². The SMILES string of the molecule is O=C(C1CCCC12CC2)N1CCC(c2cc(C3CCNCC3)n[nH]2)CC1. The Morgan fingerprint density at radius 1 is 1.04 bits per heavy atom. The highest BCUT2D eigenvalue weighted by Crippen LogP contribution is 2.61. The standard InChI is InChI=1S/C21H32N4O/c26-20(17-2-1-7-21(17)8-9-21)25-12-5-16(6-13-25)19-14-18(23-24-19)15-3-10-22-11-4-15/h14-17,22H,1-13H2,(H,23,24). The summed E-state index contributed by atoms with van der Waals surface area (Å²) in [5.41, 5.74) is 2.98. The Balaban J connectivity index is 1.18. The van der Waals surface area contributed by atoms with Crippen LogP contribution >= 0.6 is 0 Å². The zero-order valence-corrected chi connectivity index (χ0v) is 15.8. The van der Waals surface area contributed by atoms with Crippen molar-refractivity contribution in [2.24, 2.45) is 11.3 Å². The summed E-state index contributed by atoms with van der Waals surface area (Å²) in [6, 6.07) is 2.31. The average molecular weight is 357 g/mol. The fraction of sp³-hybridized carbons (Fsp3) is 0.810. The molecule has 2 saturated carbocycles. The van der Waals surface area contributed by atoms with Crippen LogP contribution in [0, 0.1) is 11.3 Å². The van der Waals surface area contributed by atoms with E-state index in [2.05, 4.69) is 26.5 Å². The quantitative estimate of drug-likeness (QED) is 0.874. The van der Waals surface area contributed by atoms with E-state index in [-0.39, 0.29) is 0 Å². The van der Waals surface area contributed by atoms with Gasteiger partial charge in [0, 0.05) is 36.5 Å². The predicted molar refractivity (Wildman–Crippen MR) is 101 cm³/mol. The number of likely N-dealkylation sites (tertiary alicyclic amines) is 1. The van der Waals surface area contributed by atoms with E-state index in [1.807, 2.05) is 0 Å². The fourth-order valence-electron chi connectivity index (χ4n) is 5.80. The van der Waals surface area contributed by atoms with E-state index in [9.17, 15) is 4.79 Å². The van der Waals surface area contributed by atoms with Crippen LogP contribution in [0.25, 0.3) is 0 Å². The number of nitrogens with one attached hydrogen (secondary N) is 2. The molecule has 0 bridgehead atoms. The van der Waals surface area contributed by atoms with Crippen molar-refractivity contribution in [2.75, 3.05) is 26.2 Å². The number of carbonyl (C=O) groups excluding carboxylic acids is 1. The van der Waals surface area contributed by atoms with E-state index in [1.165, 1.54) is 49.9 Å². The lowest BCUT2D eigenvalue weighted by atomic mass is 9.88. The van der Waals surface area contributed by atoms with Crippen molar-refractivity contribution >= 4 is 5.91 Å². The van der Waals surface area contributed by atoms with Crippen LogP contribution in [0.1, 0.15) is 81.0 Å². The smallest absolute Gasteiger partial charge is 0.226 e. The Labute approximate surface area is 156 Å². The van der Waals surface area contributed by atoms with Crippen LogP contribution in [0.15, 0.2) is 6.07 Å². The lowest BCUT2D eigenvalue weighted by molar-refractivity contribution is -0.138. The highest BCUT2D eigenvalue weighted by Gasteiger charge is 2.55. The predicted octanol–water partition coefficient (Wildman–Crippen LogP) is 3.16. The van der Waals surface area contributed by atoms with Gasteiger partial charge in [0.2, 0.25) is 5.91 Å². The van der Waals surface area contributed by atoms with Crippen molar-refractivity contribution < 1.29 is 4.79 Å². The number of H-pyrrole nitrogens is 1. The van der Waals surface area contributed by atoms with Gasteiger partial charge in [0.1, 0.15) is 0 Å². The summed E-state index contributed by atoms with van der Waals surface area (Å²) in [6.07, 6.45) is 10.9. The van der Waals surface area contributed by atoms with Crippen molar-refractivity contribution in [3.05, 3.63) is 17.5 Å². The molecule has 4 fully saturated rings. The second kappa shape index (κ2) is 6.66. The number of carbonyl (C=O) groups is 1. The van der Waals surface area contributed by atoms with Gasteiger partial charge in [0.25, 0.3) is 0 Å². The first-order valence-corrected chi connectivity index (χ1v) is 10.8. The minimum Gasteiger partial charge on any atom is -0.342 e. The maximum absolute atomic E-state index is 13.0. The molecular weight excluding hydrogens is 324 g/mol. The maximum Gasteiger partial charge on any atom is 0.226 e. The van der Waals surface area contributed by atoms with Crippen molar-refractivity contribution in [1.82, 2.24) is 20.4 Å². The Kier molecular flexibility index (Phi) is 4.30. The van der Waals surface area contributed by atoms with Crippen molar-refractivity contribution in [2.45, 2.75) is 69.6 Å². The molecule has 1 atom stereocenters. The Morgan fingerprint density at radius 3 is 2.54 bits per heavy atom. The number of hydrogen-bond acceptors (Lipinski definition) is 3. The number of nitrogens with zero attached hydrogens (tertiary/aromatic N) is 2. The van der Waals surface area contributed by atoms with Gasteiger partial charge in [-0.15, -0.1) is 0 Å². The van der Waals surface area contributed by atoms with E-state index in [0.29, 0.717) is 29.1 Å².